The number of nitrogens with zero attached hydrogens (tertiary/aromatic N) is 1. The zero-order valence-electron chi connectivity index (χ0n) is 11.8. The number of hydrogen-bond acceptors (Lipinski definition) is 2. The molecule has 0 radical (unpaired) electrons. The van der Waals surface area contributed by atoms with Crippen molar-refractivity contribution >= 4 is 15.9 Å². The highest BCUT2D eigenvalue weighted by atomic mass is 79.9. The molecule has 0 saturated heterocycles. The molecule has 0 spiro atoms. The van der Waals surface area contributed by atoms with Crippen molar-refractivity contribution in [1.29, 1.82) is 5.26 Å². The van der Waals surface area contributed by atoms with Crippen LogP contribution in [0.5, 0.6) is 0 Å². The number of hydrogen-bond donors (Lipinski definition) is 1. The number of nitriles is 1. The van der Waals surface area contributed by atoms with Crippen molar-refractivity contribution < 1.29 is 0 Å². The van der Waals surface area contributed by atoms with Crippen LogP contribution in [-0.4, -0.2) is 12.1 Å². The molecule has 0 atom stereocenters. The van der Waals surface area contributed by atoms with Gasteiger partial charge < -0.3 is 0 Å². The van der Waals surface area contributed by atoms with Gasteiger partial charge in [0.25, 0.3) is 0 Å². The summed E-state index contributed by atoms with van der Waals surface area (Å²) in [5, 5.41) is 12.4. The summed E-state index contributed by atoms with van der Waals surface area (Å²) in [4.78, 5) is 0. The number of benzene rings is 1. The Kier molecular flexibility index (Phi) is 4.58. The maximum Gasteiger partial charge on any atom is 0.101 e. The van der Waals surface area contributed by atoms with Crippen LogP contribution in [-0.2, 0) is 5.41 Å². The Hall–Kier alpha value is -0.850. The van der Waals surface area contributed by atoms with Gasteiger partial charge in [0, 0.05) is 16.4 Å². The molecule has 1 aromatic rings. The largest absolute Gasteiger partial charge is 0.299 e. The second-order valence-corrected chi connectivity index (χ2v) is 6.85. The minimum atomic E-state index is -0.489. The van der Waals surface area contributed by atoms with Crippen molar-refractivity contribution in [1.82, 2.24) is 5.32 Å². The van der Waals surface area contributed by atoms with Crippen molar-refractivity contribution in [2.24, 2.45) is 0 Å². The average Bonchev–Trinajstić information content (AvgIpc) is 2.30. The molecular formula is C15H21BrN2. The summed E-state index contributed by atoms with van der Waals surface area (Å²) in [6, 6.07) is 8.61. The summed E-state index contributed by atoms with van der Waals surface area (Å²) in [7, 11) is 0. The molecule has 98 valence electrons. The lowest BCUT2D eigenvalue weighted by molar-refractivity contribution is 0.396. The summed E-state index contributed by atoms with van der Waals surface area (Å²) in [6.45, 7) is 11.1. The van der Waals surface area contributed by atoms with Gasteiger partial charge in [-0.05, 0) is 44.0 Å². The normalized spacial score (nSPS) is 12.3. The molecule has 0 amide bonds. The molecule has 1 rings (SSSR count). The lowest BCUT2D eigenvalue weighted by Gasteiger charge is -2.31. The topological polar surface area (TPSA) is 35.8 Å². The van der Waals surface area contributed by atoms with Crippen molar-refractivity contribution in [2.45, 2.75) is 45.6 Å². The molecule has 1 N–H and O–H groups in total. The Morgan fingerprint density at radius 2 is 1.89 bits per heavy atom. The first kappa shape index (κ1) is 15.2. The van der Waals surface area contributed by atoms with Crippen LogP contribution in [0, 0.1) is 18.3 Å². The highest BCUT2D eigenvalue weighted by Crippen LogP contribution is 2.28. The van der Waals surface area contributed by atoms with Crippen LogP contribution < -0.4 is 5.32 Å². The van der Waals surface area contributed by atoms with E-state index in [4.69, 9.17) is 5.26 Å². The molecule has 0 aliphatic heterocycles. The van der Waals surface area contributed by atoms with E-state index in [1.807, 2.05) is 13.8 Å². The van der Waals surface area contributed by atoms with Crippen LogP contribution in [0.3, 0.4) is 0 Å². The van der Waals surface area contributed by atoms with Gasteiger partial charge in [-0.3, -0.25) is 5.32 Å². The van der Waals surface area contributed by atoms with Crippen LogP contribution in [0.15, 0.2) is 22.7 Å². The fourth-order valence-corrected chi connectivity index (χ4v) is 2.26. The van der Waals surface area contributed by atoms with E-state index in [1.165, 1.54) is 11.1 Å². The molecule has 0 unspecified atom stereocenters. The minimum absolute atomic E-state index is 0.0119. The van der Waals surface area contributed by atoms with Crippen LogP contribution in [0.4, 0.5) is 0 Å². The Morgan fingerprint density at radius 1 is 1.28 bits per heavy atom. The molecule has 1 aromatic carbocycles. The lowest BCUT2D eigenvalue weighted by atomic mass is 9.81. The number of rotatable bonds is 4. The summed E-state index contributed by atoms with van der Waals surface area (Å²) in [5.41, 5.74) is 2.08. The molecule has 3 heteroatoms. The zero-order chi connectivity index (χ0) is 14.0. The van der Waals surface area contributed by atoms with Gasteiger partial charge in [-0.2, -0.15) is 5.26 Å². The quantitative estimate of drug-likeness (QED) is 0.915. The van der Waals surface area contributed by atoms with E-state index >= 15 is 0 Å². The van der Waals surface area contributed by atoms with Crippen LogP contribution >= 0.6 is 15.9 Å². The van der Waals surface area contributed by atoms with Crippen LogP contribution in [0.2, 0.25) is 0 Å². The summed E-state index contributed by atoms with van der Waals surface area (Å²) in [5.74, 6) is 0. The minimum Gasteiger partial charge on any atom is -0.299 e. The molecule has 0 fully saturated rings. The van der Waals surface area contributed by atoms with Gasteiger partial charge in [-0.25, -0.2) is 0 Å². The molecular weight excluding hydrogens is 288 g/mol. The standard InChI is InChI=1S/C15H21BrN2/c1-11-6-7-12(16)8-13(11)14(2,3)10-18-15(4,5)9-17/h6-8,18H,10H2,1-5H3. The van der Waals surface area contributed by atoms with Crippen molar-refractivity contribution in [3.8, 4) is 6.07 Å². The highest BCUT2D eigenvalue weighted by molar-refractivity contribution is 9.10. The average molecular weight is 309 g/mol. The third kappa shape index (κ3) is 3.83. The van der Waals surface area contributed by atoms with Gasteiger partial charge in [-0.1, -0.05) is 35.8 Å². The molecule has 0 saturated carbocycles. The first-order valence-corrected chi connectivity index (χ1v) is 6.90. The monoisotopic (exact) mass is 308 g/mol. The molecule has 18 heavy (non-hydrogen) atoms. The maximum absolute atomic E-state index is 9.04. The summed E-state index contributed by atoms with van der Waals surface area (Å²) in [6.07, 6.45) is 0. The van der Waals surface area contributed by atoms with E-state index in [9.17, 15) is 0 Å². The van der Waals surface area contributed by atoms with E-state index in [0.717, 1.165) is 11.0 Å². The SMILES string of the molecule is Cc1ccc(Br)cc1C(C)(C)CNC(C)(C)C#N. The van der Waals surface area contributed by atoms with E-state index in [1.54, 1.807) is 0 Å². The van der Waals surface area contributed by atoms with Gasteiger partial charge in [0.05, 0.1) is 6.07 Å². The third-order valence-corrected chi connectivity index (χ3v) is 3.67. The molecule has 2 nitrogen and oxygen atoms in total. The third-order valence-electron chi connectivity index (χ3n) is 3.18. The number of nitrogens with one attached hydrogen (secondary N) is 1. The first-order valence-electron chi connectivity index (χ1n) is 6.11. The predicted molar refractivity (Wildman–Crippen MR) is 79.6 cm³/mol. The molecule has 0 aromatic heterocycles. The Labute approximate surface area is 119 Å². The summed E-state index contributed by atoms with van der Waals surface area (Å²) < 4.78 is 1.09. The van der Waals surface area contributed by atoms with Crippen LogP contribution in [0.1, 0.15) is 38.8 Å². The zero-order valence-corrected chi connectivity index (χ0v) is 13.4. The van der Waals surface area contributed by atoms with Gasteiger partial charge in [0.2, 0.25) is 0 Å². The smallest absolute Gasteiger partial charge is 0.101 e. The Morgan fingerprint density at radius 3 is 2.44 bits per heavy atom. The summed E-state index contributed by atoms with van der Waals surface area (Å²) >= 11 is 3.52. The van der Waals surface area contributed by atoms with E-state index < -0.39 is 5.54 Å². The van der Waals surface area contributed by atoms with E-state index in [0.29, 0.717) is 0 Å². The molecule has 0 heterocycles. The van der Waals surface area contributed by atoms with Gasteiger partial charge in [-0.15, -0.1) is 0 Å². The maximum atomic E-state index is 9.04. The van der Waals surface area contributed by atoms with Gasteiger partial charge in [0.15, 0.2) is 0 Å². The van der Waals surface area contributed by atoms with Gasteiger partial charge >= 0.3 is 0 Å². The molecule has 0 aliphatic rings. The first-order chi connectivity index (χ1) is 8.18. The number of aryl methyl sites for hydroxylation is 1. The Balaban J connectivity index is 2.93. The fourth-order valence-electron chi connectivity index (χ4n) is 1.90. The second kappa shape index (κ2) is 5.42. The number of halogens is 1. The molecule has 0 bridgehead atoms. The molecule has 0 aliphatic carbocycles. The second-order valence-electron chi connectivity index (χ2n) is 5.93. The highest BCUT2D eigenvalue weighted by Gasteiger charge is 2.26. The van der Waals surface area contributed by atoms with Crippen molar-refractivity contribution in [2.75, 3.05) is 6.54 Å². The Bertz CT molecular complexity index is 470. The van der Waals surface area contributed by atoms with E-state index in [-0.39, 0.29) is 5.41 Å². The fraction of sp³-hybridized carbons (Fsp3) is 0.533. The van der Waals surface area contributed by atoms with E-state index in [2.05, 4.69) is 66.3 Å². The van der Waals surface area contributed by atoms with Crippen molar-refractivity contribution in [3.63, 3.8) is 0 Å². The predicted octanol–water partition coefficient (Wildman–Crippen LogP) is 3.93. The van der Waals surface area contributed by atoms with Gasteiger partial charge in [0.1, 0.15) is 5.54 Å². The lowest BCUT2D eigenvalue weighted by Crippen LogP contribution is -2.44. The van der Waals surface area contributed by atoms with Crippen molar-refractivity contribution in [3.05, 3.63) is 33.8 Å². The van der Waals surface area contributed by atoms with Crippen LogP contribution in [0.25, 0.3) is 0 Å².